The Labute approximate surface area is 185 Å². The molecule has 168 valence electrons. The summed E-state index contributed by atoms with van der Waals surface area (Å²) in [5.41, 5.74) is 6.60. The molecule has 0 fully saturated rings. The molecule has 1 atom stereocenters. The van der Waals surface area contributed by atoms with Gasteiger partial charge in [-0.25, -0.2) is 0 Å². The average Bonchev–Trinajstić information content (AvgIpc) is 2.65. The molecule has 0 aliphatic carbocycles. The Hall–Kier alpha value is -2.12. The van der Waals surface area contributed by atoms with Crippen LogP contribution in [0.1, 0.15) is 48.5 Å². The molecule has 0 radical (unpaired) electrons. The minimum atomic E-state index is -1.31. The summed E-state index contributed by atoms with van der Waals surface area (Å²) in [5.74, 6) is -1.42. The Morgan fingerprint density at radius 3 is 1.63 bits per heavy atom. The molecule has 3 N–H and O–H groups in total. The highest BCUT2D eigenvalue weighted by Crippen LogP contribution is 2.36. The van der Waals surface area contributed by atoms with Crippen molar-refractivity contribution < 1.29 is 14.4 Å². The number of fused-ring (bicyclic) bond motifs is 1. The number of nitrogens with one attached hydrogen (secondary N) is 1. The number of nitrogens with two attached hydrogens (primary N) is 1. The van der Waals surface area contributed by atoms with Gasteiger partial charge in [-0.3, -0.25) is 14.4 Å². The van der Waals surface area contributed by atoms with Gasteiger partial charge >= 0.3 is 0 Å². The summed E-state index contributed by atoms with van der Waals surface area (Å²) >= 11 is 0. The largest absolute Gasteiger partial charge is 0.335 e. The van der Waals surface area contributed by atoms with Crippen LogP contribution in [0.5, 0.6) is 0 Å². The molecule has 0 spiro atoms. The fraction of sp³-hybridized carbons (Fsp3) is 0.591. The Morgan fingerprint density at radius 2 is 1.33 bits per heavy atom. The zero-order chi connectivity index (χ0) is 22.1. The number of carbonyl (C=O) groups excluding carboxylic acids is 3. The minimum Gasteiger partial charge on any atom is -0.335 e. The molecule has 0 unspecified atom stereocenters. The van der Waals surface area contributed by atoms with Crippen molar-refractivity contribution in [3.8, 4) is 0 Å². The highest BCUT2D eigenvalue weighted by Gasteiger charge is 2.43. The van der Waals surface area contributed by atoms with Gasteiger partial charge in [0.2, 0.25) is 5.91 Å². The van der Waals surface area contributed by atoms with Crippen LogP contribution in [-0.2, 0) is 14.4 Å². The van der Waals surface area contributed by atoms with Gasteiger partial charge in [0, 0.05) is 13.1 Å². The summed E-state index contributed by atoms with van der Waals surface area (Å²) in [4.78, 5) is 42.5. The second-order valence-corrected chi connectivity index (χ2v) is 10.2. The van der Waals surface area contributed by atoms with Gasteiger partial charge in [-0.2, -0.15) is 0 Å². The van der Waals surface area contributed by atoms with Crippen LogP contribution < -0.4 is 20.9 Å². The molecular formula is C22H35ClN4O3. The van der Waals surface area contributed by atoms with E-state index >= 15 is 0 Å². The maximum Gasteiger partial charge on any atom is 0.259 e. The molecule has 0 bridgehead atoms. The number of benzene rings is 1. The molecule has 2 rings (SSSR count). The van der Waals surface area contributed by atoms with Crippen LogP contribution in [0.3, 0.4) is 0 Å². The van der Waals surface area contributed by atoms with Gasteiger partial charge < -0.3 is 20.9 Å². The van der Waals surface area contributed by atoms with E-state index < -0.39 is 29.8 Å². The highest BCUT2D eigenvalue weighted by atomic mass is 35.5. The lowest BCUT2D eigenvalue weighted by Crippen LogP contribution is -2.59. The molecule has 1 heterocycles. The summed E-state index contributed by atoms with van der Waals surface area (Å²) in [6, 6.07) is 5.25. The molecule has 7 nitrogen and oxygen atoms in total. The van der Waals surface area contributed by atoms with Crippen molar-refractivity contribution in [1.82, 2.24) is 5.32 Å². The lowest BCUT2D eigenvalue weighted by atomic mass is 9.95. The number of anilines is 2. The van der Waals surface area contributed by atoms with Gasteiger partial charge in [0.25, 0.3) is 11.8 Å². The van der Waals surface area contributed by atoms with Crippen LogP contribution in [-0.4, -0.2) is 42.9 Å². The van der Waals surface area contributed by atoms with E-state index in [1.54, 1.807) is 9.80 Å². The Morgan fingerprint density at radius 1 is 0.967 bits per heavy atom. The van der Waals surface area contributed by atoms with E-state index in [4.69, 9.17) is 5.73 Å². The fourth-order valence-corrected chi connectivity index (χ4v) is 3.25. The number of nitrogens with zero attached hydrogens (tertiary/aromatic N) is 2. The summed E-state index contributed by atoms with van der Waals surface area (Å²) < 4.78 is 0. The smallest absolute Gasteiger partial charge is 0.259 e. The second kappa shape index (κ2) is 9.35. The van der Waals surface area contributed by atoms with Crippen LogP contribution in [0.25, 0.3) is 0 Å². The Balaban J connectivity index is 0.00000450. The van der Waals surface area contributed by atoms with Crippen molar-refractivity contribution in [2.45, 2.75) is 60.5 Å². The van der Waals surface area contributed by atoms with E-state index in [0.717, 1.165) is 0 Å². The number of halogens is 1. The summed E-state index contributed by atoms with van der Waals surface area (Å²) in [5, 5.41) is 2.58. The third-order valence-electron chi connectivity index (χ3n) is 4.45. The summed E-state index contributed by atoms with van der Waals surface area (Å²) in [6.07, 6.45) is 0. The predicted molar refractivity (Wildman–Crippen MR) is 123 cm³/mol. The van der Waals surface area contributed by atoms with E-state index in [1.165, 1.54) is 6.92 Å². The first kappa shape index (κ1) is 25.9. The predicted octanol–water partition coefficient (Wildman–Crippen LogP) is 2.71. The lowest BCUT2D eigenvalue weighted by molar-refractivity contribution is -0.134. The number of rotatable bonds is 4. The molecule has 0 aromatic heterocycles. The van der Waals surface area contributed by atoms with Crippen LogP contribution >= 0.6 is 12.4 Å². The highest BCUT2D eigenvalue weighted by molar-refractivity contribution is 6.21. The quantitative estimate of drug-likeness (QED) is 0.706. The number of carbonyl (C=O) groups is 3. The van der Waals surface area contributed by atoms with Gasteiger partial charge in [-0.1, -0.05) is 53.7 Å². The fourth-order valence-electron chi connectivity index (χ4n) is 3.25. The maximum atomic E-state index is 13.5. The van der Waals surface area contributed by atoms with E-state index in [2.05, 4.69) is 5.32 Å². The zero-order valence-corrected chi connectivity index (χ0v) is 19.8. The molecule has 1 aliphatic rings. The first-order chi connectivity index (χ1) is 13.2. The first-order valence-corrected chi connectivity index (χ1v) is 9.99. The van der Waals surface area contributed by atoms with Crippen LogP contribution in [0, 0.1) is 10.8 Å². The molecule has 1 aromatic rings. The van der Waals surface area contributed by atoms with Crippen molar-refractivity contribution in [3.05, 3.63) is 24.3 Å². The molecule has 0 saturated carbocycles. The zero-order valence-electron chi connectivity index (χ0n) is 19.0. The third kappa shape index (κ3) is 6.19. The van der Waals surface area contributed by atoms with E-state index in [-0.39, 0.29) is 23.2 Å². The van der Waals surface area contributed by atoms with E-state index in [1.807, 2.05) is 65.8 Å². The van der Waals surface area contributed by atoms with Gasteiger partial charge in [0.1, 0.15) is 0 Å². The van der Waals surface area contributed by atoms with E-state index in [0.29, 0.717) is 24.5 Å². The first-order valence-electron chi connectivity index (χ1n) is 9.99. The molecule has 8 heteroatoms. The van der Waals surface area contributed by atoms with Crippen molar-refractivity contribution in [3.63, 3.8) is 0 Å². The van der Waals surface area contributed by atoms with Crippen molar-refractivity contribution in [1.29, 1.82) is 0 Å². The minimum absolute atomic E-state index is 0. The van der Waals surface area contributed by atoms with Gasteiger partial charge in [0.15, 0.2) is 6.04 Å². The van der Waals surface area contributed by atoms with Crippen LogP contribution in [0.4, 0.5) is 11.4 Å². The molecule has 0 saturated heterocycles. The van der Waals surface area contributed by atoms with Crippen molar-refractivity contribution in [2.75, 3.05) is 22.9 Å². The second-order valence-electron chi connectivity index (χ2n) is 10.2. The Kier molecular flexibility index (Phi) is 8.08. The monoisotopic (exact) mass is 438 g/mol. The Bertz CT molecular complexity index is 741. The van der Waals surface area contributed by atoms with Crippen LogP contribution in [0.15, 0.2) is 24.3 Å². The summed E-state index contributed by atoms with van der Waals surface area (Å²) in [6.45, 7) is 14.5. The van der Waals surface area contributed by atoms with Crippen LogP contribution in [0.2, 0.25) is 0 Å². The summed E-state index contributed by atoms with van der Waals surface area (Å²) in [7, 11) is 0. The average molecular weight is 439 g/mol. The molecule has 1 aliphatic heterocycles. The van der Waals surface area contributed by atoms with Gasteiger partial charge in [0.05, 0.1) is 17.4 Å². The van der Waals surface area contributed by atoms with Crippen molar-refractivity contribution >= 4 is 41.5 Å². The number of hydrogen-bond acceptors (Lipinski definition) is 4. The lowest BCUT2D eigenvalue weighted by Gasteiger charge is -2.32. The SMILES string of the molecule is C[C@H](N)C(=O)NC1C(=O)N(CC(C)(C)C)c2ccccc2N(CC(C)(C)C)C1=O.Cl. The molecule has 30 heavy (non-hydrogen) atoms. The number of para-hydroxylation sites is 2. The topological polar surface area (TPSA) is 95.7 Å². The van der Waals surface area contributed by atoms with Gasteiger partial charge in [-0.05, 0) is 29.9 Å². The number of amides is 3. The molecular weight excluding hydrogens is 404 g/mol. The van der Waals surface area contributed by atoms with Gasteiger partial charge in [-0.15, -0.1) is 12.4 Å². The van der Waals surface area contributed by atoms with E-state index in [9.17, 15) is 14.4 Å². The van der Waals surface area contributed by atoms with Crippen molar-refractivity contribution in [2.24, 2.45) is 16.6 Å². The molecule has 3 amide bonds. The third-order valence-corrected chi connectivity index (χ3v) is 4.45. The molecule has 1 aromatic carbocycles. The number of hydrogen-bond donors (Lipinski definition) is 2. The maximum absolute atomic E-state index is 13.5. The standard InChI is InChI=1S/C22H34N4O3.ClH/c1-14(23)18(27)24-17-19(28)25(12-21(2,3)4)15-10-8-9-11-16(15)26(20(17)29)13-22(5,6)7;/h8-11,14,17H,12-13,23H2,1-7H3,(H,24,27);1H/t14-;/m0./s1. The normalized spacial score (nSPS) is 16.5.